The fourth-order valence-electron chi connectivity index (χ4n) is 8.56. The number of aryl methyl sites for hydroxylation is 4. The van der Waals surface area contributed by atoms with Crippen LogP contribution in [0.4, 0.5) is 0 Å². The van der Waals surface area contributed by atoms with E-state index in [1.165, 1.54) is 10.8 Å². The molecule has 56 heavy (non-hydrogen) atoms. The predicted octanol–water partition coefficient (Wildman–Crippen LogP) is 12.2. The third-order valence-corrected chi connectivity index (χ3v) is 10.7. The molecule has 10 aromatic rings. The summed E-state index contributed by atoms with van der Waals surface area (Å²) >= 11 is 0. The van der Waals surface area contributed by atoms with Crippen molar-refractivity contribution in [2.24, 2.45) is 0 Å². The third-order valence-electron chi connectivity index (χ3n) is 10.7. The Morgan fingerprint density at radius 2 is 0.893 bits per heavy atom. The minimum atomic E-state index is 0.518. The molecule has 0 aliphatic carbocycles. The lowest BCUT2D eigenvalue weighted by molar-refractivity contribution is 1.07. The van der Waals surface area contributed by atoms with E-state index < -0.39 is 0 Å². The van der Waals surface area contributed by atoms with Crippen LogP contribution in [0.3, 0.4) is 0 Å². The zero-order chi connectivity index (χ0) is 38.1. The van der Waals surface area contributed by atoms with Crippen LogP contribution in [0.1, 0.15) is 27.8 Å². The molecule has 0 saturated carbocycles. The highest BCUT2D eigenvalue weighted by Crippen LogP contribution is 2.43. The number of hydrogen-bond acceptors (Lipinski definition) is 4. The lowest BCUT2D eigenvalue weighted by Crippen LogP contribution is -2.02. The molecule has 0 atom stereocenters. The number of para-hydroxylation sites is 3. The van der Waals surface area contributed by atoms with Gasteiger partial charge in [-0.1, -0.05) is 89.0 Å². The molecular weight excluding hydrogens is 685 g/mol. The molecule has 10 rings (SSSR count). The van der Waals surface area contributed by atoms with Gasteiger partial charge in [0.05, 0.1) is 33.3 Å². The van der Waals surface area contributed by atoms with E-state index in [-0.39, 0.29) is 0 Å². The van der Waals surface area contributed by atoms with Crippen LogP contribution >= 0.6 is 0 Å². The van der Waals surface area contributed by atoms with Gasteiger partial charge in [-0.25, -0.2) is 15.0 Å². The molecule has 0 unspecified atom stereocenters. The number of benzene rings is 7. The highest BCUT2D eigenvalue weighted by atomic mass is 15.0. The van der Waals surface area contributed by atoms with Gasteiger partial charge in [0.2, 0.25) is 0 Å². The van der Waals surface area contributed by atoms with Crippen molar-refractivity contribution in [3.05, 3.63) is 173 Å². The quantitative estimate of drug-likeness (QED) is 0.177. The summed E-state index contributed by atoms with van der Waals surface area (Å²) in [5.41, 5.74) is 14.0. The van der Waals surface area contributed by atoms with Crippen molar-refractivity contribution in [2.75, 3.05) is 0 Å². The second-order valence-electron chi connectivity index (χ2n) is 14.8. The first-order valence-corrected chi connectivity index (χ1v) is 18.8. The van der Waals surface area contributed by atoms with E-state index in [1.54, 1.807) is 0 Å². The Bertz CT molecular complexity index is 3140. The van der Waals surface area contributed by atoms with Crippen LogP contribution < -0.4 is 0 Å². The molecule has 0 aliphatic heterocycles. The SMILES string of the molecule is Cc1cc(C)cc(-c2nc(-c3cc(C)cc(C)c3)nc(-c3ccc(-n4c5ccccc5c5c6c7ccccc7n(-c7ccccc7)c6ccc54)c(C#N)c3)n2)c1. The number of fused-ring (bicyclic) bond motifs is 7. The molecule has 0 spiro atoms. The third kappa shape index (κ3) is 5.36. The van der Waals surface area contributed by atoms with E-state index in [4.69, 9.17) is 15.0 Å². The number of aromatic nitrogens is 5. The van der Waals surface area contributed by atoms with Crippen LogP contribution in [0.15, 0.2) is 146 Å². The molecule has 7 aromatic carbocycles. The molecule has 0 radical (unpaired) electrons. The van der Waals surface area contributed by atoms with Gasteiger partial charge in [-0.3, -0.25) is 0 Å². The standard InChI is InChI=1S/C50H36N6/c1-30-22-31(2)25-35(24-30)49-52-48(53-50(54-49)36-26-32(3)23-33(4)27-36)34-18-19-41(37(28-34)29-51)56-43-17-11-9-15-40(43)47-45(56)21-20-44-46(47)39-14-8-10-16-42(39)55(44)38-12-6-5-7-13-38/h5-28H,1-4H3. The second kappa shape index (κ2) is 12.9. The van der Waals surface area contributed by atoms with E-state index in [9.17, 15) is 5.26 Å². The first-order valence-electron chi connectivity index (χ1n) is 18.8. The van der Waals surface area contributed by atoms with E-state index in [2.05, 4.69) is 170 Å². The van der Waals surface area contributed by atoms with Crippen LogP contribution in [-0.2, 0) is 0 Å². The Morgan fingerprint density at radius 1 is 0.429 bits per heavy atom. The highest BCUT2D eigenvalue weighted by Gasteiger charge is 2.22. The molecule has 0 saturated heterocycles. The fraction of sp³-hybridized carbons (Fsp3) is 0.0800. The molecule has 3 aromatic heterocycles. The maximum Gasteiger partial charge on any atom is 0.164 e. The fourth-order valence-corrected chi connectivity index (χ4v) is 8.56. The van der Waals surface area contributed by atoms with Crippen LogP contribution in [0.25, 0.3) is 89.2 Å². The maximum atomic E-state index is 10.8. The number of hydrogen-bond donors (Lipinski definition) is 0. The first kappa shape index (κ1) is 33.2. The Labute approximate surface area is 324 Å². The number of nitrogens with zero attached hydrogens (tertiary/aromatic N) is 6. The molecule has 3 heterocycles. The zero-order valence-corrected chi connectivity index (χ0v) is 31.5. The Morgan fingerprint density at radius 3 is 1.43 bits per heavy atom. The van der Waals surface area contributed by atoms with Crippen molar-refractivity contribution in [3.8, 4) is 51.6 Å². The summed E-state index contributed by atoms with van der Waals surface area (Å²) in [6.45, 7) is 8.34. The topological polar surface area (TPSA) is 72.3 Å². The normalized spacial score (nSPS) is 11.6. The summed E-state index contributed by atoms with van der Waals surface area (Å²) in [6, 6.07) is 53.3. The van der Waals surface area contributed by atoms with Crippen molar-refractivity contribution in [2.45, 2.75) is 27.7 Å². The lowest BCUT2D eigenvalue weighted by atomic mass is 10.0. The Kier molecular flexibility index (Phi) is 7.65. The first-order chi connectivity index (χ1) is 27.3. The number of rotatable bonds is 5. The van der Waals surface area contributed by atoms with Crippen molar-refractivity contribution in [1.29, 1.82) is 5.26 Å². The second-order valence-corrected chi connectivity index (χ2v) is 14.8. The van der Waals surface area contributed by atoms with Crippen LogP contribution in [0.2, 0.25) is 0 Å². The summed E-state index contributed by atoms with van der Waals surface area (Å²) in [5.74, 6) is 1.71. The van der Waals surface area contributed by atoms with Gasteiger partial charge in [-0.2, -0.15) is 5.26 Å². The van der Waals surface area contributed by atoms with Gasteiger partial charge < -0.3 is 9.13 Å². The summed E-state index contributed by atoms with van der Waals surface area (Å²) in [7, 11) is 0. The predicted molar refractivity (Wildman–Crippen MR) is 228 cm³/mol. The molecule has 6 heteroatoms. The lowest BCUT2D eigenvalue weighted by Gasteiger charge is -2.13. The molecule has 0 aliphatic rings. The minimum Gasteiger partial charge on any atom is -0.309 e. The van der Waals surface area contributed by atoms with Crippen LogP contribution in [-0.4, -0.2) is 24.1 Å². The molecular formula is C50H36N6. The van der Waals surface area contributed by atoms with Crippen molar-refractivity contribution < 1.29 is 0 Å². The monoisotopic (exact) mass is 720 g/mol. The van der Waals surface area contributed by atoms with Crippen LogP contribution in [0.5, 0.6) is 0 Å². The Hall–Kier alpha value is -7.36. The van der Waals surface area contributed by atoms with E-state index in [1.807, 2.05) is 18.2 Å². The highest BCUT2D eigenvalue weighted by molar-refractivity contribution is 6.29. The molecule has 0 amide bonds. The van der Waals surface area contributed by atoms with Gasteiger partial charge in [0.15, 0.2) is 17.5 Å². The van der Waals surface area contributed by atoms with Gasteiger partial charge in [0.25, 0.3) is 0 Å². The number of nitriles is 1. The molecule has 0 bridgehead atoms. The summed E-state index contributed by atoms with van der Waals surface area (Å²) < 4.78 is 4.58. The maximum absolute atomic E-state index is 10.8. The zero-order valence-electron chi connectivity index (χ0n) is 31.5. The molecule has 266 valence electrons. The van der Waals surface area contributed by atoms with E-state index >= 15 is 0 Å². The molecule has 0 N–H and O–H groups in total. The van der Waals surface area contributed by atoms with Gasteiger partial charge >= 0.3 is 0 Å². The van der Waals surface area contributed by atoms with E-state index in [0.717, 1.165) is 83.2 Å². The summed E-state index contributed by atoms with van der Waals surface area (Å²) in [4.78, 5) is 15.1. The van der Waals surface area contributed by atoms with E-state index in [0.29, 0.717) is 23.0 Å². The van der Waals surface area contributed by atoms with Crippen molar-refractivity contribution in [1.82, 2.24) is 24.1 Å². The minimum absolute atomic E-state index is 0.518. The summed E-state index contributed by atoms with van der Waals surface area (Å²) in [6.07, 6.45) is 0. The van der Waals surface area contributed by atoms with Crippen molar-refractivity contribution >= 4 is 43.6 Å². The largest absolute Gasteiger partial charge is 0.309 e. The van der Waals surface area contributed by atoms with Gasteiger partial charge in [0.1, 0.15) is 6.07 Å². The molecule has 6 nitrogen and oxygen atoms in total. The van der Waals surface area contributed by atoms with Crippen LogP contribution in [0, 0.1) is 39.0 Å². The Balaban J connectivity index is 1.20. The van der Waals surface area contributed by atoms with Gasteiger partial charge in [0, 0.05) is 43.9 Å². The smallest absolute Gasteiger partial charge is 0.164 e. The van der Waals surface area contributed by atoms with Crippen molar-refractivity contribution in [3.63, 3.8) is 0 Å². The average Bonchev–Trinajstić information content (AvgIpc) is 3.73. The van der Waals surface area contributed by atoms with Gasteiger partial charge in [-0.05, 0) is 107 Å². The van der Waals surface area contributed by atoms with Gasteiger partial charge in [-0.15, -0.1) is 0 Å². The average molecular weight is 721 g/mol. The summed E-state index contributed by atoms with van der Waals surface area (Å²) in [5, 5.41) is 15.5. The molecule has 0 fully saturated rings.